The number of carbonyl (C=O) groups excluding carboxylic acids is 1. The van der Waals surface area contributed by atoms with E-state index in [4.69, 9.17) is 0 Å². The van der Waals surface area contributed by atoms with Crippen molar-refractivity contribution in [3.63, 3.8) is 0 Å². The largest absolute Gasteiger partial charge is 0.284 e. The molecule has 0 saturated carbocycles. The highest BCUT2D eigenvalue weighted by Gasteiger charge is 2.23. The van der Waals surface area contributed by atoms with Crippen LogP contribution in [0.2, 0.25) is 0 Å². The summed E-state index contributed by atoms with van der Waals surface area (Å²) in [7, 11) is -0.574. The van der Waals surface area contributed by atoms with Crippen molar-refractivity contribution in [2.24, 2.45) is 5.92 Å². The third-order valence-corrected chi connectivity index (χ3v) is 7.07. The van der Waals surface area contributed by atoms with E-state index < -0.39 is 10.0 Å². The van der Waals surface area contributed by atoms with Crippen molar-refractivity contribution in [2.45, 2.75) is 18.7 Å². The minimum atomic E-state index is -3.53. The predicted octanol–water partition coefficient (Wildman–Crippen LogP) is 3.85. The molecule has 3 rings (SSSR count). The molecule has 0 spiro atoms. The van der Waals surface area contributed by atoms with E-state index in [1.165, 1.54) is 37.6 Å². The van der Waals surface area contributed by atoms with Crippen LogP contribution in [0.4, 0.5) is 5.13 Å². The van der Waals surface area contributed by atoms with E-state index in [1.807, 2.05) is 38.1 Å². The van der Waals surface area contributed by atoms with Gasteiger partial charge >= 0.3 is 0 Å². The van der Waals surface area contributed by atoms with Crippen LogP contribution in [0.5, 0.6) is 0 Å². The number of anilines is 1. The Balaban J connectivity index is 1.96. The fourth-order valence-electron chi connectivity index (χ4n) is 2.72. The van der Waals surface area contributed by atoms with E-state index in [-0.39, 0.29) is 16.7 Å². The molecule has 2 aromatic carbocycles. The molecule has 28 heavy (non-hydrogen) atoms. The lowest BCUT2D eigenvalue weighted by atomic mass is 10.1. The fourth-order valence-corrected chi connectivity index (χ4v) is 4.60. The van der Waals surface area contributed by atoms with Gasteiger partial charge in [-0.1, -0.05) is 37.3 Å². The number of amides is 1. The van der Waals surface area contributed by atoms with E-state index in [0.717, 1.165) is 14.5 Å². The fraction of sp³-hybridized carbons (Fsp3) is 0.300. The summed E-state index contributed by atoms with van der Waals surface area (Å²) >= 11 is 1.47. The van der Waals surface area contributed by atoms with E-state index in [1.54, 1.807) is 17.0 Å². The molecule has 0 bridgehead atoms. The van der Waals surface area contributed by atoms with Gasteiger partial charge in [-0.15, -0.1) is 0 Å². The molecule has 0 aliphatic carbocycles. The molecule has 0 radical (unpaired) electrons. The van der Waals surface area contributed by atoms with Crippen LogP contribution in [0.25, 0.3) is 10.2 Å². The van der Waals surface area contributed by atoms with Crippen LogP contribution in [0.3, 0.4) is 0 Å². The molecule has 0 aliphatic heterocycles. The zero-order valence-corrected chi connectivity index (χ0v) is 17.9. The summed E-state index contributed by atoms with van der Waals surface area (Å²) in [6, 6.07) is 13.8. The molecule has 148 valence electrons. The second-order valence-corrected chi connectivity index (χ2v) is 10.2. The molecule has 0 aliphatic rings. The Bertz CT molecular complexity index is 1050. The van der Waals surface area contributed by atoms with Crippen LogP contribution < -0.4 is 4.90 Å². The highest BCUT2D eigenvalue weighted by molar-refractivity contribution is 7.89. The molecule has 1 aromatic heterocycles. The van der Waals surface area contributed by atoms with Crippen LogP contribution >= 0.6 is 11.3 Å². The van der Waals surface area contributed by atoms with Gasteiger partial charge in [0, 0.05) is 26.2 Å². The molecule has 0 unspecified atom stereocenters. The number of sulfonamides is 1. The molecular weight excluding hydrogens is 394 g/mol. The first kappa shape index (κ1) is 20.4. The van der Waals surface area contributed by atoms with Crippen molar-refractivity contribution in [1.29, 1.82) is 0 Å². The maximum Gasteiger partial charge on any atom is 0.260 e. The Morgan fingerprint density at radius 1 is 1.07 bits per heavy atom. The number of thiazole rings is 1. The molecule has 0 saturated heterocycles. The molecule has 0 fully saturated rings. The van der Waals surface area contributed by atoms with Gasteiger partial charge < -0.3 is 0 Å². The number of nitrogens with zero attached hydrogens (tertiary/aromatic N) is 3. The lowest BCUT2D eigenvalue weighted by Gasteiger charge is -2.22. The van der Waals surface area contributed by atoms with Gasteiger partial charge in [-0.3, -0.25) is 9.69 Å². The Morgan fingerprint density at radius 3 is 2.29 bits per heavy atom. The number of aromatic nitrogens is 1. The quantitative estimate of drug-likeness (QED) is 0.611. The zero-order chi connectivity index (χ0) is 20.5. The van der Waals surface area contributed by atoms with Crippen molar-refractivity contribution < 1.29 is 13.2 Å². The van der Waals surface area contributed by atoms with Crippen molar-refractivity contribution in [3.8, 4) is 0 Å². The normalized spacial score (nSPS) is 12.1. The van der Waals surface area contributed by atoms with Gasteiger partial charge in [0.25, 0.3) is 5.91 Å². The van der Waals surface area contributed by atoms with Crippen LogP contribution in [0.1, 0.15) is 24.2 Å². The first-order chi connectivity index (χ1) is 13.2. The molecule has 6 nitrogen and oxygen atoms in total. The van der Waals surface area contributed by atoms with E-state index >= 15 is 0 Å². The number of hydrogen-bond acceptors (Lipinski definition) is 5. The van der Waals surface area contributed by atoms with Gasteiger partial charge in [-0.2, -0.15) is 0 Å². The molecule has 0 N–H and O–H groups in total. The monoisotopic (exact) mass is 417 g/mol. The van der Waals surface area contributed by atoms with E-state index in [0.29, 0.717) is 17.2 Å². The third-order valence-electron chi connectivity index (χ3n) is 4.19. The minimum absolute atomic E-state index is 0.157. The maximum absolute atomic E-state index is 13.2. The highest BCUT2D eigenvalue weighted by atomic mass is 32.2. The third kappa shape index (κ3) is 4.09. The average Bonchev–Trinajstić information content (AvgIpc) is 3.09. The van der Waals surface area contributed by atoms with Crippen molar-refractivity contribution in [2.75, 3.05) is 25.5 Å². The summed E-state index contributed by atoms with van der Waals surface area (Å²) in [5, 5.41) is 0.643. The Morgan fingerprint density at radius 2 is 1.71 bits per heavy atom. The highest BCUT2D eigenvalue weighted by Crippen LogP contribution is 2.30. The topological polar surface area (TPSA) is 70.6 Å². The van der Waals surface area contributed by atoms with Crippen molar-refractivity contribution in [3.05, 3.63) is 54.1 Å². The van der Waals surface area contributed by atoms with Gasteiger partial charge in [-0.05, 0) is 42.3 Å². The van der Waals surface area contributed by atoms with Gasteiger partial charge in [0.05, 0.1) is 15.1 Å². The Hall–Kier alpha value is -2.29. The first-order valence-electron chi connectivity index (χ1n) is 8.90. The number of fused-ring (bicyclic) bond motifs is 1. The Labute approximate surface area is 169 Å². The standard InChI is InChI=1S/C20H23N3O3S2/c1-14(2)13-23(20-21-17-7-5-6-8-18(17)27-20)19(24)15-9-11-16(12-10-15)28(25,26)22(3)4/h5-12,14H,13H2,1-4H3. The molecular formula is C20H23N3O3S2. The van der Waals surface area contributed by atoms with E-state index in [9.17, 15) is 13.2 Å². The summed E-state index contributed by atoms with van der Waals surface area (Å²) in [5.74, 6) is 0.0610. The van der Waals surface area contributed by atoms with E-state index in [2.05, 4.69) is 4.98 Å². The summed E-state index contributed by atoms with van der Waals surface area (Å²) < 4.78 is 26.6. The number of para-hydroxylation sites is 1. The van der Waals surface area contributed by atoms with Crippen LogP contribution in [0.15, 0.2) is 53.4 Å². The summed E-state index contributed by atoms with van der Waals surface area (Å²) in [6.07, 6.45) is 0. The maximum atomic E-state index is 13.2. The molecule has 3 aromatic rings. The minimum Gasteiger partial charge on any atom is -0.284 e. The Kier molecular flexibility index (Phi) is 5.83. The van der Waals surface area contributed by atoms with Gasteiger partial charge in [0.15, 0.2) is 5.13 Å². The second-order valence-electron chi connectivity index (χ2n) is 7.09. The van der Waals surface area contributed by atoms with Gasteiger partial charge in [0.1, 0.15) is 0 Å². The van der Waals surface area contributed by atoms with Crippen LogP contribution in [-0.2, 0) is 10.0 Å². The lowest BCUT2D eigenvalue weighted by molar-refractivity contribution is 0.0984. The summed E-state index contributed by atoms with van der Waals surface area (Å²) in [5.41, 5.74) is 1.29. The summed E-state index contributed by atoms with van der Waals surface area (Å²) in [6.45, 7) is 4.61. The number of rotatable bonds is 6. The first-order valence-corrected chi connectivity index (χ1v) is 11.2. The average molecular weight is 418 g/mol. The van der Waals surface area contributed by atoms with Gasteiger partial charge in [-0.25, -0.2) is 17.7 Å². The SMILES string of the molecule is CC(C)CN(C(=O)c1ccc(S(=O)(=O)N(C)C)cc1)c1nc2ccccc2s1. The smallest absolute Gasteiger partial charge is 0.260 e. The lowest BCUT2D eigenvalue weighted by Crippen LogP contribution is -2.34. The molecule has 1 amide bonds. The second kappa shape index (κ2) is 7.98. The molecule has 1 heterocycles. The van der Waals surface area contributed by atoms with Crippen molar-refractivity contribution >= 4 is 42.6 Å². The summed E-state index contributed by atoms with van der Waals surface area (Å²) in [4.78, 5) is 19.6. The van der Waals surface area contributed by atoms with Crippen molar-refractivity contribution in [1.82, 2.24) is 9.29 Å². The predicted molar refractivity (Wildman–Crippen MR) is 113 cm³/mol. The molecule has 0 atom stereocenters. The number of benzene rings is 2. The zero-order valence-electron chi connectivity index (χ0n) is 16.3. The molecule has 8 heteroatoms. The number of hydrogen-bond donors (Lipinski definition) is 0. The number of carbonyl (C=O) groups is 1. The van der Waals surface area contributed by atoms with Crippen LogP contribution in [-0.4, -0.2) is 44.3 Å². The van der Waals surface area contributed by atoms with Gasteiger partial charge in [0.2, 0.25) is 10.0 Å². The van der Waals surface area contributed by atoms with Crippen LogP contribution in [0, 0.1) is 5.92 Å².